The van der Waals surface area contributed by atoms with Gasteiger partial charge in [0.2, 0.25) is 5.91 Å². The maximum Gasteiger partial charge on any atom is 0.243 e. The van der Waals surface area contributed by atoms with Crippen LogP contribution >= 0.6 is 0 Å². The van der Waals surface area contributed by atoms with Crippen LogP contribution in [0.5, 0.6) is 0 Å². The van der Waals surface area contributed by atoms with Crippen LogP contribution in [0.2, 0.25) is 0 Å². The van der Waals surface area contributed by atoms with Crippen molar-refractivity contribution in [3.63, 3.8) is 0 Å². The van der Waals surface area contributed by atoms with Crippen molar-refractivity contribution < 1.29 is 9.63 Å². The summed E-state index contributed by atoms with van der Waals surface area (Å²) in [6.07, 6.45) is 3.13. The zero-order chi connectivity index (χ0) is 8.27. The number of hydrazine groups is 1. The average Bonchev–Trinajstić information content (AvgIpc) is 2.39. The third kappa shape index (κ3) is 2.12. The summed E-state index contributed by atoms with van der Waals surface area (Å²) < 4.78 is 0. The van der Waals surface area contributed by atoms with Crippen LogP contribution in [-0.2, 0) is 9.63 Å². The number of carbonyl (C=O) groups excluding carboxylic acids is 1. The van der Waals surface area contributed by atoms with Gasteiger partial charge in [0.1, 0.15) is 12.8 Å². The van der Waals surface area contributed by atoms with Crippen LogP contribution in [0.15, 0.2) is 12.5 Å². The molecule has 0 aromatic heterocycles. The minimum Gasteiger partial charge on any atom is -0.395 e. The molecule has 0 unspecified atom stereocenters. The molecule has 1 heterocycles. The highest BCUT2D eigenvalue weighted by atomic mass is 16.7. The smallest absolute Gasteiger partial charge is 0.243 e. The number of nitrogens with one attached hydrogen (secondary N) is 1. The van der Waals surface area contributed by atoms with Crippen LogP contribution in [0.1, 0.15) is 0 Å². The van der Waals surface area contributed by atoms with E-state index in [9.17, 15) is 4.79 Å². The Morgan fingerprint density at radius 3 is 2.91 bits per heavy atom. The largest absolute Gasteiger partial charge is 0.395 e. The number of amides is 1. The van der Waals surface area contributed by atoms with Gasteiger partial charge in [-0.1, -0.05) is 5.59 Å². The van der Waals surface area contributed by atoms with Gasteiger partial charge < -0.3 is 9.74 Å². The third-order valence-electron chi connectivity index (χ3n) is 1.28. The molecule has 1 amide bonds. The van der Waals surface area contributed by atoms with Gasteiger partial charge in [0, 0.05) is 14.1 Å². The summed E-state index contributed by atoms with van der Waals surface area (Å²) in [4.78, 5) is 17.2. The highest BCUT2D eigenvalue weighted by Gasteiger charge is 2.11. The molecular weight excluding hydrogens is 146 g/mol. The lowest BCUT2D eigenvalue weighted by atomic mass is 10.5. The van der Waals surface area contributed by atoms with Crippen molar-refractivity contribution in [2.75, 3.05) is 20.6 Å². The third-order valence-corrected chi connectivity index (χ3v) is 1.28. The maximum absolute atomic E-state index is 11.1. The predicted molar refractivity (Wildman–Crippen MR) is 38.8 cm³/mol. The van der Waals surface area contributed by atoms with E-state index in [4.69, 9.17) is 0 Å². The molecule has 0 atom stereocenters. The molecule has 5 nitrogen and oxygen atoms in total. The van der Waals surface area contributed by atoms with Crippen LogP contribution in [0.3, 0.4) is 0 Å². The Hall–Kier alpha value is -1.23. The van der Waals surface area contributed by atoms with E-state index in [1.807, 2.05) is 0 Å². The van der Waals surface area contributed by atoms with E-state index in [-0.39, 0.29) is 12.5 Å². The number of likely N-dealkylation sites (N-methyl/N-ethyl adjacent to an activating group) is 1. The van der Waals surface area contributed by atoms with E-state index < -0.39 is 0 Å². The predicted octanol–water partition coefficient (Wildman–Crippen LogP) is -0.702. The van der Waals surface area contributed by atoms with Gasteiger partial charge in [-0.3, -0.25) is 9.80 Å². The Morgan fingerprint density at radius 1 is 1.73 bits per heavy atom. The zero-order valence-corrected chi connectivity index (χ0v) is 6.57. The van der Waals surface area contributed by atoms with E-state index in [0.717, 1.165) is 0 Å². The van der Waals surface area contributed by atoms with E-state index in [0.29, 0.717) is 0 Å². The van der Waals surface area contributed by atoms with Crippen LogP contribution in [0, 0.1) is 0 Å². The standard InChI is InChI=1S/C6H11N3O2/c1-8(2)6(10)5-9-3-4-11-7-9/h3-4,7H,5H2,1-2H3. The van der Waals surface area contributed by atoms with E-state index >= 15 is 0 Å². The monoisotopic (exact) mass is 157 g/mol. The molecule has 0 saturated heterocycles. The number of hydrogen-bond donors (Lipinski definition) is 1. The van der Waals surface area contributed by atoms with Gasteiger partial charge in [0.05, 0.1) is 6.20 Å². The molecule has 1 aliphatic rings. The summed E-state index contributed by atoms with van der Waals surface area (Å²) in [5.74, 6) is 0.0210. The normalized spacial score (nSPS) is 14.9. The van der Waals surface area contributed by atoms with Crippen molar-refractivity contribution in [3.05, 3.63) is 12.5 Å². The molecule has 11 heavy (non-hydrogen) atoms. The summed E-state index contributed by atoms with van der Waals surface area (Å²) in [7, 11) is 3.42. The van der Waals surface area contributed by atoms with Crippen LogP contribution < -0.4 is 5.59 Å². The van der Waals surface area contributed by atoms with Gasteiger partial charge >= 0.3 is 0 Å². The first-order chi connectivity index (χ1) is 5.20. The maximum atomic E-state index is 11.1. The molecule has 0 spiro atoms. The van der Waals surface area contributed by atoms with Gasteiger partial charge in [0.25, 0.3) is 0 Å². The summed E-state index contributed by atoms with van der Waals surface area (Å²) >= 11 is 0. The zero-order valence-electron chi connectivity index (χ0n) is 6.57. The van der Waals surface area contributed by atoms with Crippen molar-refractivity contribution in [3.8, 4) is 0 Å². The Labute approximate surface area is 65.1 Å². The fraction of sp³-hybridized carbons (Fsp3) is 0.500. The summed E-state index contributed by atoms with van der Waals surface area (Å²) in [5.41, 5.74) is 2.52. The first-order valence-electron chi connectivity index (χ1n) is 3.25. The van der Waals surface area contributed by atoms with Crippen LogP contribution in [-0.4, -0.2) is 36.5 Å². The quantitative estimate of drug-likeness (QED) is 0.575. The van der Waals surface area contributed by atoms with E-state index in [1.54, 1.807) is 25.3 Å². The minimum atomic E-state index is 0.0210. The Morgan fingerprint density at radius 2 is 2.45 bits per heavy atom. The van der Waals surface area contributed by atoms with Crippen molar-refractivity contribution in [2.45, 2.75) is 0 Å². The number of rotatable bonds is 2. The van der Waals surface area contributed by atoms with Gasteiger partial charge in [-0.15, -0.1) is 0 Å². The highest BCUT2D eigenvalue weighted by molar-refractivity contribution is 5.77. The highest BCUT2D eigenvalue weighted by Crippen LogP contribution is 1.94. The first-order valence-corrected chi connectivity index (χ1v) is 3.25. The number of hydrogen-bond acceptors (Lipinski definition) is 4. The van der Waals surface area contributed by atoms with Crippen LogP contribution in [0.25, 0.3) is 0 Å². The van der Waals surface area contributed by atoms with Crippen LogP contribution in [0.4, 0.5) is 0 Å². The molecule has 1 N–H and O–H groups in total. The first kappa shape index (κ1) is 7.87. The van der Waals surface area contributed by atoms with Crippen molar-refractivity contribution in [1.82, 2.24) is 15.5 Å². The Bertz CT molecular complexity index is 179. The molecule has 0 bridgehead atoms. The SMILES string of the molecule is CN(C)C(=O)CN1C=CON1. The fourth-order valence-electron chi connectivity index (χ4n) is 0.605. The number of carbonyl (C=O) groups is 1. The lowest BCUT2D eigenvalue weighted by Crippen LogP contribution is -2.38. The summed E-state index contributed by atoms with van der Waals surface area (Å²) in [6, 6.07) is 0. The van der Waals surface area contributed by atoms with Gasteiger partial charge in [-0.25, -0.2) is 0 Å². The number of nitrogens with zero attached hydrogens (tertiary/aromatic N) is 2. The van der Waals surface area contributed by atoms with Gasteiger partial charge in [0.15, 0.2) is 0 Å². The second-order valence-corrected chi connectivity index (χ2v) is 2.41. The molecule has 0 radical (unpaired) electrons. The second-order valence-electron chi connectivity index (χ2n) is 2.41. The molecule has 0 aliphatic carbocycles. The van der Waals surface area contributed by atoms with E-state index in [1.165, 1.54) is 11.2 Å². The van der Waals surface area contributed by atoms with E-state index in [2.05, 4.69) is 10.4 Å². The lowest BCUT2D eigenvalue weighted by molar-refractivity contribution is -0.131. The molecule has 0 aromatic carbocycles. The summed E-state index contributed by atoms with van der Waals surface area (Å²) in [5, 5.41) is 1.56. The molecular formula is C6H11N3O2. The van der Waals surface area contributed by atoms with Crippen molar-refractivity contribution in [2.24, 2.45) is 0 Å². The van der Waals surface area contributed by atoms with Crippen molar-refractivity contribution in [1.29, 1.82) is 0 Å². The average molecular weight is 157 g/mol. The molecule has 0 fully saturated rings. The molecule has 0 aromatic rings. The molecule has 1 rings (SSSR count). The minimum absolute atomic E-state index is 0.0210. The van der Waals surface area contributed by atoms with Crippen molar-refractivity contribution >= 4 is 5.91 Å². The summed E-state index contributed by atoms with van der Waals surface area (Å²) in [6.45, 7) is 0.281. The fourth-order valence-corrected chi connectivity index (χ4v) is 0.605. The molecule has 0 saturated carbocycles. The lowest BCUT2D eigenvalue weighted by Gasteiger charge is -2.16. The van der Waals surface area contributed by atoms with Gasteiger partial charge in [-0.2, -0.15) is 0 Å². The molecule has 1 aliphatic heterocycles. The topological polar surface area (TPSA) is 44.8 Å². The molecule has 62 valence electrons. The Balaban J connectivity index is 2.30. The molecule has 5 heteroatoms. The van der Waals surface area contributed by atoms with Gasteiger partial charge in [-0.05, 0) is 0 Å². The second kappa shape index (κ2) is 3.25. The Kier molecular flexibility index (Phi) is 2.32.